The molecule has 1 amide bonds. The maximum atomic E-state index is 11.6. The molecule has 1 fully saturated rings. The molecule has 0 unspecified atom stereocenters. The molecule has 1 rings (SSSR count). The van der Waals surface area contributed by atoms with Crippen molar-refractivity contribution in [2.75, 3.05) is 19.8 Å². The Balaban J connectivity index is 1.91. The fraction of sp³-hybridized carbons (Fsp3) is 0.857. The number of amides is 1. The number of carboxylic acid groups (broad SMARTS) is 1. The van der Waals surface area contributed by atoms with Gasteiger partial charge in [-0.05, 0) is 38.0 Å². The standard InChI is InChI=1S/C14H25NO4/c16-13(6-5-12-7-10-19-11-8-12)15-9-3-1-2-4-14(17)18/h12H,1-11H2,(H,15,16)(H,17,18). The van der Waals surface area contributed by atoms with Crippen molar-refractivity contribution in [1.82, 2.24) is 5.32 Å². The molecule has 0 spiro atoms. The van der Waals surface area contributed by atoms with Crippen molar-refractivity contribution in [3.63, 3.8) is 0 Å². The first-order valence-electron chi connectivity index (χ1n) is 7.24. The minimum absolute atomic E-state index is 0.115. The third-order valence-corrected chi connectivity index (χ3v) is 3.51. The molecular weight excluding hydrogens is 246 g/mol. The summed E-state index contributed by atoms with van der Waals surface area (Å²) in [5, 5.41) is 11.4. The summed E-state index contributed by atoms with van der Waals surface area (Å²) in [5.41, 5.74) is 0. The molecule has 1 aliphatic rings. The fourth-order valence-electron chi connectivity index (χ4n) is 2.26. The molecule has 5 heteroatoms. The second kappa shape index (κ2) is 9.78. The van der Waals surface area contributed by atoms with E-state index in [0.717, 1.165) is 45.3 Å². The largest absolute Gasteiger partial charge is 0.481 e. The highest BCUT2D eigenvalue weighted by Crippen LogP contribution is 2.19. The molecule has 0 aromatic carbocycles. The van der Waals surface area contributed by atoms with Crippen LogP contribution < -0.4 is 5.32 Å². The number of carboxylic acids is 1. The van der Waals surface area contributed by atoms with E-state index < -0.39 is 5.97 Å². The van der Waals surface area contributed by atoms with E-state index in [2.05, 4.69) is 5.32 Å². The van der Waals surface area contributed by atoms with Crippen molar-refractivity contribution in [2.45, 2.75) is 51.4 Å². The van der Waals surface area contributed by atoms with Crippen molar-refractivity contribution < 1.29 is 19.4 Å². The summed E-state index contributed by atoms with van der Waals surface area (Å²) in [6.07, 6.45) is 6.31. The lowest BCUT2D eigenvalue weighted by Crippen LogP contribution is -2.25. The van der Waals surface area contributed by atoms with E-state index in [1.165, 1.54) is 0 Å². The minimum Gasteiger partial charge on any atom is -0.481 e. The van der Waals surface area contributed by atoms with Crippen LogP contribution in [0.3, 0.4) is 0 Å². The Bertz CT molecular complexity index is 275. The lowest BCUT2D eigenvalue weighted by Gasteiger charge is -2.21. The number of unbranched alkanes of at least 4 members (excludes halogenated alkanes) is 2. The van der Waals surface area contributed by atoms with Crippen molar-refractivity contribution in [1.29, 1.82) is 0 Å². The average molecular weight is 271 g/mol. The summed E-state index contributed by atoms with van der Waals surface area (Å²) < 4.78 is 5.28. The Hall–Kier alpha value is -1.10. The van der Waals surface area contributed by atoms with Gasteiger partial charge in [-0.15, -0.1) is 0 Å². The molecule has 1 heterocycles. The first kappa shape index (κ1) is 16.0. The van der Waals surface area contributed by atoms with Crippen molar-refractivity contribution >= 4 is 11.9 Å². The number of carbonyl (C=O) groups is 2. The number of nitrogens with one attached hydrogen (secondary N) is 1. The van der Waals surface area contributed by atoms with E-state index in [1.54, 1.807) is 0 Å². The number of carbonyl (C=O) groups excluding carboxylic acids is 1. The van der Waals surface area contributed by atoms with Crippen LogP contribution in [0.2, 0.25) is 0 Å². The maximum absolute atomic E-state index is 11.6. The Labute approximate surface area is 114 Å². The van der Waals surface area contributed by atoms with Gasteiger partial charge in [0.2, 0.25) is 5.91 Å². The second-order valence-electron chi connectivity index (χ2n) is 5.15. The van der Waals surface area contributed by atoms with Gasteiger partial charge in [-0.3, -0.25) is 9.59 Å². The topological polar surface area (TPSA) is 75.6 Å². The smallest absolute Gasteiger partial charge is 0.303 e. The van der Waals surface area contributed by atoms with E-state index in [0.29, 0.717) is 25.3 Å². The number of aliphatic carboxylic acids is 1. The van der Waals surface area contributed by atoms with Crippen LogP contribution in [0.5, 0.6) is 0 Å². The van der Waals surface area contributed by atoms with Crippen LogP contribution in [0.4, 0.5) is 0 Å². The molecule has 0 bridgehead atoms. The molecule has 5 nitrogen and oxygen atoms in total. The van der Waals surface area contributed by atoms with Crippen LogP contribution >= 0.6 is 0 Å². The monoisotopic (exact) mass is 271 g/mol. The Morgan fingerprint density at radius 1 is 1.11 bits per heavy atom. The Kier molecular flexibility index (Phi) is 8.21. The summed E-state index contributed by atoms with van der Waals surface area (Å²) in [7, 11) is 0. The molecule has 0 saturated carbocycles. The van der Waals surface area contributed by atoms with Gasteiger partial charge < -0.3 is 15.2 Å². The second-order valence-corrected chi connectivity index (χ2v) is 5.15. The number of hydrogen-bond acceptors (Lipinski definition) is 3. The van der Waals surface area contributed by atoms with Gasteiger partial charge in [-0.2, -0.15) is 0 Å². The van der Waals surface area contributed by atoms with Crippen molar-refractivity contribution in [2.24, 2.45) is 5.92 Å². The van der Waals surface area contributed by atoms with Gasteiger partial charge in [0.1, 0.15) is 0 Å². The van der Waals surface area contributed by atoms with Gasteiger partial charge >= 0.3 is 5.97 Å². The summed E-state index contributed by atoms with van der Waals surface area (Å²) in [4.78, 5) is 21.9. The Morgan fingerprint density at radius 3 is 2.53 bits per heavy atom. The molecule has 0 aliphatic carbocycles. The van der Waals surface area contributed by atoms with Crippen molar-refractivity contribution in [3.8, 4) is 0 Å². The predicted octanol–water partition coefficient (Wildman–Crippen LogP) is 1.95. The highest BCUT2D eigenvalue weighted by molar-refractivity contribution is 5.75. The van der Waals surface area contributed by atoms with Gasteiger partial charge in [-0.1, -0.05) is 6.42 Å². The van der Waals surface area contributed by atoms with Gasteiger partial charge in [0.25, 0.3) is 0 Å². The number of rotatable bonds is 9. The normalized spacial score (nSPS) is 16.2. The lowest BCUT2D eigenvalue weighted by molar-refractivity contribution is -0.137. The molecule has 1 saturated heterocycles. The van der Waals surface area contributed by atoms with Gasteiger partial charge in [0.05, 0.1) is 0 Å². The van der Waals surface area contributed by atoms with Crippen LogP contribution in [-0.2, 0) is 14.3 Å². The summed E-state index contributed by atoms with van der Waals surface area (Å²) in [6, 6.07) is 0. The lowest BCUT2D eigenvalue weighted by atomic mass is 9.95. The molecule has 0 aromatic rings. The van der Waals surface area contributed by atoms with Gasteiger partial charge in [0, 0.05) is 32.6 Å². The quantitative estimate of drug-likeness (QED) is 0.628. The maximum Gasteiger partial charge on any atom is 0.303 e. The van der Waals surface area contributed by atoms with Crippen LogP contribution in [0.1, 0.15) is 51.4 Å². The fourth-order valence-corrected chi connectivity index (χ4v) is 2.26. The summed E-state index contributed by atoms with van der Waals surface area (Å²) >= 11 is 0. The highest BCUT2D eigenvalue weighted by atomic mass is 16.5. The minimum atomic E-state index is -0.750. The zero-order valence-electron chi connectivity index (χ0n) is 11.5. The van der Waals surface area contributed by atoms with Gasteiger partial charge in [-0.25, -0.2) is 0 Å². The van der Waals surface area contributed by atoms with Crippen LogP contribution in [0, 0.1) is 5.92 Å². The summed E-state index contributed by atoms with van der Waals surface area (Å²) in [6.45, 7) is 2.32. The zero-order chi connectivity index (χ0) is 13.9. The van der Waals surface area contributed by atoms with Crippen LogP contribution in [0.15, 0.2) is 0 Å². The molecule has 0 atom stereocenters. The third kappa shape index (κ3) is 8.59. The Morgan fingerprint density at radius 2 is 1.84 bits per heavy atom. The van der Waals surface area contributed by atoms with Crippen LogP contribution in [0.25, 0.3) is 0 Å². The van der Waals surface area contributed by atoms with E-state index in [4.69, 9.17) is 9.84 Å². The SMILES string of the molecule is O=C(O)CCCCCNC(=O)CCC1CCOCC1. The first-order valence-corrected chi connectivity index (χ1v) is 7.24. The van der Waals surface area contributed by atoms with E-state index in [1.807, 2.05) is 0 Å². The highest BCUT2D eigenvalue weighted by Gasteiger charge is 2.14. The molecule has 0 aromatic heterocycles. The van der Waals surface area contributed by atoms with Gasteiger partial charge in [0.15, 0.2) is 0 Å². The molecule has 110 valence electrons. The van der Waals surface area contributed by atoms with E-state index >= 15 is 0 Å². The molecule has 2 N–H and O–H groups in total. The molecule has 1 aliphatic heterocycles. The number of hydrogen-bond donors (Lipinski definition) is 2. The molecule has 19 heavy (non-hydrogen) atoms. The van der Waals surface area contributed by atoms with E-state index in [-0.39, 0.29) is 12.3 Å². The summed E-state index contributed by atoms with van der Waals surface area (Å²) in [5.74, 6) is 0.000269. The first-order chi connectivity index (χ1) is 9.18. The molecule has 0 radical (unpaired) electrons. The predicted molar refractivity (Wildman–Crippen MR) is 71.9 cm³/mol. The van der Waals surface area contributed by atoms with E-state index in [9.17, 15) is 9.59 Å². The number of ether oxygens (including phenoxy) is 1. The van der Waals surface area contributed by atoms with Crippen LogP contribution in [-0.4, -0.2) is 36.7 Å². The average Bonchev–Trinajstić information content (AvgIpc) is 2.41. The van der Waals surface area contributed by atoms with Crippen molar-refractivity contribution in [3.05, 3.63) is 0 Å². The zero-order valence-corrected chi connectivity index (χ0v) is 11.5. The third-order valence-electron chi connectivity index (χ3n) is 3.51. The molecular formula is C14H25NO4.